The molecule has 0 amide bonds. The van der Waals surface area contributed by atoms with Gasteiger partial charge < -0.3 is 20.9 Å². The second-order valence-electron chi connectivity index (χ2n) is 4.16. The third kappa shape index (κ3) is 3.82. The fourth-order valence-corrected chi connectivity index (χ4v) is 1.54. The second-order valence-corrected chi connectivity index (χ2v) is 4.16. The zero-order valence-electron chi connectivity index (χ0n) is 11.2. The average molecular weight is 254 g/mol. The molecule has 1 atom stereocenters. The van der Waals surface area contributed by atoms with E-state index < -0.39 is 0 Å². The molecule has 1 heterocycles. The standard InChI is InChI=1S/C12H22N4O2/c1-4-10-15-11(13)8(2)12(16-10)14-9(7-17)5-6-18-3/h9,17H,4-7H2,1-3H3,(H3,13,14,15,16). The van der Waals surface area contributed by atoms with E-state index in [0.29, 0.717) is 30.5 Å². The third-order valence-corrected chi connectivity index (χ3v) is 2.78. The third-order valence-electron chi connectivity index (χ3n) is 2.78. The first-order chi connectivity index (χ1) is 8.62. The van der Waals surface area contributed by atoms with Crippen molar-refractivity contribution in [3.8, 4) is 0 Å². The molecule has 1 aromatic rings. The fourth-order valence-electron chi connectivity index (χ4n) is 1.54. The Balaban J connectivity index is 2.84. The van der Waals surface area contributed by atoms with Crippen molar-refractivity contribution in [3.63, 3.8) is 0 Å². The van der Waals surface area contributed by atoms with Gasteiger partial charge >= 0.3 is 0 Å². The highest BCUT2D eigenvalue weighted by molar-refractivity contribution is 5.55. The molecule has 18 heavy (non-hydrogen) atoms. The molecule has 0 aliphatic heterocycles. The lowest BCUT2D eigenvalue weighted by Gasteiger charge is -2.18. The molecule has 0 aromatic carbocycles. The molecule has 0 saturated carbocycles. The zero-order valence-corrected chi connectivity index (χ0v) is 11.2. The van der Waals surface area contributed by atoms with Crippen LogP contribution in [0, 0.1) is 6.92 Å². The van der Waals surface area contributed by atoms with Gasteiger partial charge in [0.2, 0.25) is 0 Å². The van der Waals surface area contributed by atoms with Crippen LogP contribution in [0.2, 0.25) is 0 Å². The Bertz CT molecular complexity index is 385. The summed E-state index contributed by atoms with van der Waals surface area (Å²) >= 11 is 0. The maximum atomic E-state index is 9.31. The molecular formula is C12H22N4O2. The topological polar surface area (TPSA) is 93.3 Å². The van der Waals surface area contributed by atoms with Gasteiger partial charge in [-0.15, -0.1) is 0 Å². The highest BCUT2D eigenvalue weighted by Gasteiger charge is 2.12. The molecule has 6 heteroatoms. The molecule has 0 saturated heterocycles. The van der Waals surface area contributed by atoms with Crippen molar-refractivity contribution >= 4 is 11.6 Å². The summed E-state index contributed by atoms with van der Waals surface area (Å²) in [5.41, 5.74) is 6.64. The van der Waals surface area contributed by atoms with Gasteiger partial charge in [-0.05, 0) is 13.3 Å². The van der Waals surface area contributed by atoms with E-state index in [1.807, 2.05) is 13.8 Å². The van der Waals surface area contributed by atoms with E-state index in [1.165, 1.54) is 0 Å². The normalized spacial score (nSPS) is 12.4. The van der Waals surface area contributed by atoms with Crippen molar-refractivity contribution in [2.45, 2.75) is 32.7 Å². The fraction of sp³-hybridized carbons (Fsp3) is 0.667. The molecule has 6 nitrogen and oxygen atoms in total. The predicted molar refractivity (Wildman–Crippen MR) is 71.5 cm³/mol. The van der Waals surface area contributed by atoms with Gasteiger partial charge in [0.15, 0.2) is 0 Å². The van der Waals surface area contributed by atoms with Crippen LogP contribution in [0.15, 0.2) is 0 Å². The number of nitrogen functional groups attached to an aromatic ring is 1. The maximum absolute atomic E-state index is 9.31. The van der Waals surface area contributed by atoms with Crippen LogP contribution in [-0.2, 0) is 11.2 Å². The number of methoxy groups -OCH3 is 1. The van der Waals surface area contributed by atoms with E-state index in [-0.39, 0.29) is 12.6 Å². The first-order valence-corrected chi connectivity index (χ1v) is 6.11. The minimum absolute atomic E-state index is 0.0220. The summed E-state index contributed by atoms with van der Waals surface area (Å²) in [4.78, 5) is 8.58. The van der Waals surface area contributed by atoms with Crippen LogP contribution in [0.4, 0.5) is 11.6 Å². The predicted octanol–water partition coefficient (Wildman–Crippen LogP) is 0.739. The summed E-state index contributed by atoms with van der Waals surface area (Å²) in [6.07, 6.45) is 1.43. The van der Waals surface area contributed by atoms with E-state index in [4.69, 9.17) is 10.5 Å². The SMILES string of the molecule is CCc1nc(N)c(C)c(NC(CO)CCOC)n1. The highest BCUT2D eigenvalue weighted by Crippen LogP contribution is 2.18. The number of nitrogens with two attached hydrogens (primary N) is 1. The molecule has 0 fully saturated rings. The minimum atomic E-state index is -0.0948. The smallest absolute Gasteiger partial charge is 0.135 e. The van der Waals surface area contributed by atoms with Crippen LogP contribution >= 0.6 is 0 Å². The Morgan fingerprint density at radius 3 is 2.72 bits per heavy atom. The van der Waals surface area contributed by atoms with Crippen molar-refractivity contribution in [1.82, 2.24) is 9.97 Å². The van der Waals surface area contributed by atoms with Crippen LogP contribution < -0.4 is 11.1 Å². The molecule has 1 unspecified atom stereocenters. The molecule has 102 valence electrons. The molecule has 0 spiro atoms. The Labute approximate surface area is 108 Å². The zero-order chi connectivity index (χ0) is 13.5. The monoisotopic (exact) mass is 254 g/mol. The van der Waals surface area contributed by atoms with Gasteiger partial charge in [-0.1, -0.05) is 6.92 Å². The number of nitrogens with zero attached hydrogens (tertiary/aromatic N) is 2. The van der Waals surface area contributed by atoms with Gasteiger partial charge in [-0.25, -0.2) is 9.97 Å². The number of anilines is 2. The Morgan fingerprint density at radius 1 is 1.44 bits per heavy atom. The van der Waals surface area contributed by atoms with Crippen molar-refractivity contribution < 1.29 is 9.84 Å². The first-order valence-electron chi connectivity index (χ1n) is 6.11. The lowest BCUT2D eigenvalue weighted by atomic mass is 10.2. The van der Waals surface area contributed by atoms with Gasteiger partial charge in [-0.2, -0.15) is 0 Å². The number of aliphatic hydroxyl groups excluding tert-OH is 1. The minimum Gasteiger partial charge on any atom is -0.394 e. The lowest BCUT2D eigenvalue weighted by Crippen LogP contribution is -2.27. The van der Waals surface area contributed by atoms with E-state index in [1.54, 1.807) is 7.11 Å². The number of nitrogens with one attached hydrogen (secondary N) is 1. The molecule has 0 radical (unpaired) electrons. The number of aliphatic hydroxyl groups is 1. The van der Waals surface area contributed by atoms with Crippen molar-refractivity contribution in [3.05, 3.63) is 11.4 Å². The molecule has 4 N–H and O–H groups in total. The van der Waals surface area contributed by atoms with Gasteiger partial charge in [0.25, 0.3) is 0 Å². The van der Waals surface area contributed by atoms with Gasteiger partial charge in [0.05, 0.1) is 12.6 Å². The van der Waals surface area contributed by atoms with Crippen LogP contribution in [0.1, 0.15) is 24.7 Å². The largest absolute Gasteiger partial charge is 0.394 e. The summed E-state index contributed by atoms with van der Waals surface area (Å²) in [7, 11) is 1.64. The molecular weight excluding hydrogens is 232 g/mol. The molecule has 1 rings (SSSR count). The highest BCUT2D eigenvalue weighted by atomic mass is 16.5. The van der Waals surface area contributed by atoms with Crippen LogP contribution in [0.25, 0.3) is 0 Å². The summed E-state index contributed by atoms with van der Waals surface area (Å²) in [5, 5.41) is 12.5. The van der Waals surface area contributed by atoms with Crippen molar-refractivity contribution in [1.29, 1.82) is 0 Å². The lowest BCUT2D eigenvalue weighted by molar-refractivity contribution is 0.174. The summed E-state index contributed by atoms with van der Waals surface area (Å²) in [6, 6.07) is -0.0948. The second kappa shape index (κ2) is 7.13. The van der Waals surface area contributed by atoms with E-state index in [9.17, 15) is 5.11 Å². The summed E-state index contributed by atoms with van der Waals surface area (Å²) in [5.74, 6) is 1.87. The number of hydrogen-bond donors (Lipinski definition) is 3. The van der Waals surface area contributed by atoms with Crippen molar-refractivity contribution in [2.24, 2.45) is 0 Å². The van der Waals surface area contributed by atoms with Crippen LogP contribution in [-0.4, -0.2) is 41.4 Å². The number of rotatable bonds is 7. The summed E-state index contributed by atoms with van der Waals surface area (Å²) in [6.45, 7) is 4.44. The molecule has 0 bridgehead atoms. The van der Waals surface area contributed by atoms with Gasteiger partial charge in [0, 0.05) is 25.7 Å². The number of aryl methyl sites for hydroxylation is 1. The first kappa shape index (κ1) is 14.7. The Morgan fingerprint density at radius 2 is 2.17 bits per heavy atom. The molecule has 0 aliphatic carbocycles. The maximum Gasteiger partial charge on any atom is 0.135 e. The molecule has 0 aliphatic rings. The van der Waals surface area contributed by atoms with Crippen LogP contribution in [0.5, 0.6) is 0 Å². The molecule has 1 aromatic heterocycles. The van der Waals surface area contributed by atoms with Gasteiger partial charge in [0.1, 0.15) is 17.5 Å². The Hall–Kier alpha value is -1.40. The number of aromatic nitrogens is 2. The van der Waals surface area contributed by atoms with E-state index in [0.717, 1.165) is 12.0 Å². The van der Waals surface area contributed by atoms with E-state index in [2.05, 4.69) is 15.3 Å². The Kier molecular flexibility index (Phi) is 5.80. The van der Waals surface area contributed by atoms with E-state index >= 15 is 0 Å². The van der Waals surface area contributed by atoms with Crippen molar-refractivity contribution in [2.75, 3.05) is 31.4 Å². The average Bonchev–Trinajstić information content (AvgIpc) is 2.38. The van der Waals surface area contributed by atoms with Crippen LogP contribution in [0.3, 0.4) is 0 Å². The number of hydrogen-bond acceptors (Lipinski definition) is 6. The van der Waals surface area contributed by atoms with Gasteiger partial charge in [-0.3, -0.25) is 0 Å². The quantitative estimate of drug-likeness (QED) is 0.664. The summed E-state index contributed by atoms with van der Waals surface area (Å²) < 4.78 is 5.00. The number of ether oxygens (including phenoxy) is 1.